The van der Waals surface area contributed by atoms with E-state index in [9.17, 15) is 15.0 Å². The lowest BCUT2D eigenvalue weighted by molar-refractivity contribution is -0.180. The number of rotatable bonds is 5. The molecular weight excluding hydrogens is 226 g/mol. The lowest BCUT2D eigenvalue weighted by Gasteiger charge is -2.23. The predicted molar refractivity (Wildman–Crippen MR) is 60.4 cm³/mol. The van der Waals surface area contributed by atoms with Crippen molar-refractivity contribution in [2.45, 2.75) is 32.3 Å². The number of aliphatic hydroxyl groups excluding tert-OH is 3. The molecule has 6 heteroatoms. The first-order valence-corrected chi connectivity index (χ1v) is 5.27. The number of nitrogens with one attached hydrogen (secondary N) is 1. The number of aromatic amines is 1. The zero-order chi connectivity index (χ0) is 13.0. The standard InChI is InChI=1S/C11H17NO5/c1-6-3-8(4-12-11(6)16)10(7(2)14)17-9(15)5-13/h3-4,7,9-10,13-15H,5H2,1-2H3,(H,12,16)/t7-,9?,10+/m0/s1. The van der Waals surface area contributed by atoms with Crippen molar-refractivity contribution in [3.8, 4) is 0 Å². The van der Waals surface area contributed by atoms with Gasteiger partial charge in [0.25, 0.3) is 5.56 Å². The van der Waals surface area contributed by atoms with Gasteiger partial charge in [-0.1, -0.05) is 0 Å². The van der Waals surface area contributed by atoms with E-state index in [0.717, 1.165) is 0 Å². The zero-order valence-electron chi connectivity index (χ0n) is 9.75. The maximum Gasteiger partial charge on any atom is 0.250 e. The maximum absolute atomic E-state index is 11.2. The fourth-order valence-electron chi connectivity index (χ4n) is 1.47. The molecule has 0 radical (unpaired) electrons. The van der Waals surface area contributed by atoms with E-state index >= 15 is 0 Å². The molecule has 0 fully saturated rings. The number of pyridine rings is 1. The van der Waals surface area contributed by atoms with Crippen molar-refractivity contribution in [2.24, 2.45) is 0 Å². The van der Waals surface area contributed by atoms with E-state index in [1.165, 1.54) is 13.1 Å². The molecule has 1 aromatic heterocycles. The molecule has 0 spiro atoms. The molecule has 0 aromatic carbocycles. The SMILES string of the molecule is Cc1cc([C@H](OC(O)CO)[C@H](C)O)c[nH]c1=O. The summed E-state index contributed by atoms with van der Waals surface area (Å²) >= 11 is 0. The highest BCUT2D eigenvalue weighted by Crippen LogP contribution is 2.21. The molecule has 0 aliphatic carbocycles. The number of hydrogen-bond acceptors (Lipinski definition) is 5. The summed E-state index contributed by atoms with van der Waals surface area (Å²) in [6.45, 7) is 2.56. The van der Waals surface area contributed by atoms with Crippen LogP contribution >= 0.6 is 0 Å². The number of H-pyrrole nitrogens is 1. The summed E-state index contributed by atoms with van der Waals surface area (Å²) in [6, 6.07) is 1.57. The second kappa shape index (κ2) is 5.92. The van der Waals surface area contributed by atoms with Crippen LogP contribution in [-0.4, -0.2) is 39.3 Å². The van der Waals surface area contributed by atoms with Gasteiger partial charge in [0.1, 0.15) is 6.10 Å². The summed E-state index contributed by atoms with van der Waals surface area (Å²) in [7, 11) is 0. The van der Waals surface area contributed by atoms with Gasteiger partial charge in [-0.05, 0) is 19.9 Å². The van der Waals surface area contributed by atoms with E-state index in [4.69, 9.17) is 9.84 Å². The summed E-state index contributed by atoms with van der Waals surface area (Å²) in [6.07, 6.45) is -1.66. The lowest BCUT2D eigenvalue weighted by Crippen LogP contribution is -2.27. The van der Waals surface area contributed by atoms with Gasteiger partial charge in [-0.3, -0.25) is 4.79 Å². The van der Waals surface area contributed by atoms with E-state index in [1.807, 2.05) is 0 Å². The van der Waals surface area contributed by atoms with E-state index in [-0.39, 0.29) is 5.56 Å². The van der Waals surface area contributed by atoms with Gasteiger partial charge in [0.2, 0.25) is 0 Å². The fraction of sp³-hybridized carbons (Fsp3) is 0.545. The molecule has 1 rings (SSSR count). The highest BCUT2D eigenvalue weighted by Gasteiger charge is 2.22. The molecule has 0 saturated carbocycles. The Morgan fingerprint density at radius 1 is 1.47 bits per heavy atom. The van der Waals surface area contributed by atoms with Crippen LogP contribution in [0.2, 0.25) is 0 Å². The zero-order valence-corrected chi connectivity index (χ0v) is 9.75. The Labute approximate surface area is 98.5 Å². The molecule has 1 unspecified atom stereocenters. The Morgan fingerprint density at radius 2 is 2.12 bits per heavy atom. The first-order chi connectivity index (χ1) is 7.95. The molecular formula is C11H17NO5. The number of aromatic nitrogens is 1. The topological polar surface area (TPSA) is 103 Å². The van der Waals surface area contributed by atoms with Gasteiger partial charge < -0.3 is 25.0 Å². The van der Waals surface area contributed by atoms with E-state index in [0.29, 0.717) is 11.1 Å². The normalized spacial score (nSPS) is 16.5. The van der Waals surface area contributed by atoms with Gasteiger partial charge in [0, 0.05) is 17.3 Å². The van der Waals surface area contributed by atoms with Crippen molar-refractivity contribution in [1.82, 2.24) is 4.98 Å². The van der Waals surface area contributed by atoms with Crippen LogP contribution in [0.15, 0.2) is 17.1 Å². The van der Waals surface area contributed by atoms with Crippen LogP contribution in [-0.2, 0) is 4.74 Å². The third kappa shape index (κ3) is 3.64. The van der Waals surface area contributed by atoms with E-state index in [1.54, 1.807) is 13.0 Å². The molecule has 0 aliphatic rings. The Hall–Kier alpha value is -1.21. The molecule has 1 heterocycles. The third-order valence-electron chi connectivity index (χ3n) is 2.34. The number of aryl methyl sites for hydroxylation is 1. The smallest absolute Gasteiger partial charge is 0.250 e. The summed E-state index contributed by atoms with van der Waals surface area (Å²) < 4.78 is 5.08. The Balaban J connectivity index is 2.97. The van der Waals surface area contributed by atoms with Crippen molar-refractivity contribution in [1.29, 1.82) is 0 Å². The molecule has 0 amide bonds. The van der Waals surface area contributed by atoms with Crippen molar-refractivity contribution in [2.75, 3.05) is 6.61 Å². The quantitative estimate of drug-likeness (QED) is 0.519. The minimum atomic E-state index is -1.37. The van der Waals surface area contributed by atoms with Crippen molar-refractivity contribution >= 4 is 0 Å². The van der Waals surface area contributed by atoms with Gasteiger partial charge in [0.05, 0.1) is 12.7 Å². The van der Waals surface area contributed by atoms with Crippen molar-refractivity contribution < 1.29 is 20.1 Å². The summed E-state index contributed by atoms with van der Waals surface area (Å²) in [5.41, 5.74) is 0.792. The Morgan fingerprint density at radius 3 is 2.59 bits per heavy atom. The minimum Gasteiger partial charge on any atom is -0.391 e. The second-order valence-electron chi connectivity index (χ2n) is 3.88. The summed E-state index contributed by atoms with van der Waals surface area (Å²) in [5.74, 6) is 0. The predicted octanol–water partition coefficient (Wildman–Crippen LogP) is -0.567. The molecule has 96 valence electrons. The van der Waals surface area contributed by atoms with Gasteiger partial charge in [-0.15, -0.1) is 0 Å². The minimum absolute atomic E-state index is 0.221. The lowest BCUT2D eigenvalue weighted by atomic mass is 10.1. The number of ether oxygens (including phenoxy) is 1. The first kappa shape index (κ1) is 13.9. The van der Waals surface area contributed by atoms with Gasteiger partial charge in [-0.2, -0.15) is 0 Å². The van der Waals surface area contributed by atoms with Gasteiger partial charge >= 0.3 is 0 Å². The van der Waals surface area contributed by atoms with E-state index in [2.05, 4.69) is 4.98 Å². The molecule has 3 atom stereocenters. The second-order valence-corrected chi connectivity index (χ2v) is 3.88. The highest BCUT2D eigenvalue weighted by molar-refractivity contribution is 5.20. The Kier molecular flexibility index (Phi) is 4.83. The average molecular weight is 243 g/mol. The fourth-order valence-corrected chi connectivity index (χ4v) is 1.47. The third-order valence-corrected chi connectivity index (χ3v) is 2.34. The molecule has 0 bridgehead atoms. The molecule has 1 aromatic rings. The van der Waals surface area contributed by atoms with Crippen LogP contribution in [0.1, 0.15) is 24.2 Å². The largest absolute Gasteiger partial charge is 0.391 e. The monoisotopic (exact) mass is 243 g/mol. The van der Waals surface area contributed by atoms with E-state index < -0.39 is 25.1 Å². The number of hydrogen-bond donors (Lipinski definition) is 4. The summed E-state index contributed by atoms with van der Waals surface area (Å²) in [4.78, 5) is 13.7. The average Bonchev–Trinajstić information content (AvgIpc) is 2.29. The number of aliphatic hydroxyl groups is 3. The van der Waals surface area contributed by atoms with Crippen LogP contribution in [0.25, 0.3) is 0 Å². The van der Waals surface area contributed by atoms with Crippen LogP contribution in [0.5, 0.6) is 0 Å². The highest BCUT2D eigenvalue weighted by atomic mass is 16.6. The summed E-state index contributed by atoms with van der Waals surface area (Å²) in [5, 5.41) is 27.5. The molecule has 17 heavy (non-hydrogen) atoms. The van der Waals surface area contributed by atoms with Crippen molar-refractivity contribution in [3.63, 3.8) is 0 Å². The van der Waals surface area contributed by atoms with Gasteiger partial charge in [0.15, 0.2) is 6.29 Å². The molecule has 6 nitrogen and oxygen atoms in total. The van der Waals surface area contributed by atoms with Crippen LogP contribution < -0.4 is 5.56 Å². The molecule has 4 N–H and O–H groups in total. The van der Waals surface area contributed by atoms with Gasteiger partial charge in [-0.25, -0.2) is 0 Å². The van der Waals surface area contributed by atoms with Crippen molar-refractivity contribution in [3.05, 3.63) is 33.7 Å². The van der Waals surface area contributed by atoms with Crippen LogP contribution in [0, 0.1) is 6.92 Å². The maximum atomic E-state index is 11.2. The molecule has 0 aliphatic heterocycles. The van der Waals surface area contributed by atoms with Crippen LogP contribution in [0.4, 0.5) is 0 Å². The molecule has 0 saturated heterocycles. The van der Waals surface area contributed by atoms with Crippen LogP contribution in [0.3, 0.4) is 0 Å². The first-order valence-electron chi connectivity index (χ1n) is 5.27. The Bertz CT molecular complexity index is 415.